The summed E-state index contributed by atoms with van der Waals surface area (Å²) < 4.78 is 0. The van der Waals surface area contributed by atoms with Crippen LogP contribution >= 0.6 is 0 Å². The van der Waals surface area contributed by atoms with E-state index in [2.05, 4.69) is 187 Å². The van der Waals surface area contributed by atoms with E-state index in [-0.39, 0.29) is 0 Å². The molecule has 0 bridgehead atoms. The van der Waals surface area contributed by atoms with E-state index in [4.69, 9.17) is 9.97 Å². The van der Waals surface area contributed by atoms with Crippen molar-refractivity contribution >= 4 is 43.2 Å². The van der Waals surface area contributed by atoms with Crippen LogP contribution in [0.15, 0.2) is 212 Å². The lowest BCUT2D eigenvalue weighted by Crippen LogP contribution is -1.96. The first-order valence-corrected chi connectivity index (χ1v) is 19.7. The molecule has 9 aromatic carbocycles. The van der Waals surface area contributed by atoms with E-state index in [1.807, 2.05) is 30.5 Å². The van der Waals surface area contributed by atoms with E-state index >= 15 is 0 Å². The molecular formula is C55H35N3. The van der Waals surface area contributed by atoms with E-state index in [1.165, 1.54) is 49.0 Å². The summed E-state index contributed by atoms with van der Waals surface area (Å²) in [5.41, 5.74) is 12.9. The third kappa shape index (κ3) is 6.07. The molecule has 0 amide bonds. The molecule has 0 fully saturated rings. The van der Waals surface area contributed by atoms with Gasteiger partial charge in [-0.25, -0.2) is 9.97 Å². The van der Waals surface area contributed by atoms with Crippen LogP contribution in [0.2, 0.25) is 0 Å². The van der Waals surface area contributed by atoms with Crippen LogP contribution in [0.4, 0.5) is 0 Å². The van der Waals surface area contributed by atoms with E-state index in [1.54, 1.807) is 0 Å². The molecule has 0 radical (unpaired) electrons. The first-order chi connectivity index (χ1) is 28.7. The third-order valence-electron chi connectivity index (χ3n) is 11.4. The predicted molar refractivity (Wildman–Crippen MR) is 242 cm³/mol. The fourth-order valence-electron chi connectivity index (χ4n) is 8.34. The molecule has 0 saturated heterocycles. The molecule has 11 aromatic rings. The number of nitrogens with zero attached hydrogens (tertiary/aromatic N) is 3. The van der Waals surface area contributed by atoms with Gasteiger partial charge in [0.1, 0.15) is 0 Å². The Morgan fingerprint density at radius 3 is 1.52 bits per heavy atom. The van der Waals surface area contributed by atoms with Crippen molar-refractivity contribution in [3.63, 3.8) is 0 Å². The molecule has 0 saturated carbocycles. The summed E-state index contributed by atoms with van der Waals surface area (Å²) >= 11 is 0. The largest absolute Gasteiger partial charge is 0.256 e. The topological polar surface area (TPSA) is 38.7 Å². The average molecular weight is 738 g/mol. The van der Waals surface area contributed by atoms with Gasteiger partial charge in [0.15, 0.2) is 5.82 Å². The molecule has 11 rings (SSSR count). The number of para-hydroxylation sites is 1. The normalized spacial score (nSPS) is 11.4. The summed E-state index contributed by atoms with van der Waals surface area (Å²) in [5, 5.41) is 8.77. The monoisotopic (exact) mass is 737 g/mol. The Kier molecular flexibility index (Phi) is 8.15. The van der Waals surface area contributed by atoms with Crippen LogP contribution in [0.25, 0.3) is 111 Å². The van der Waals surface area contributed by atoms with E-state index in [0.717, 1.165) is 55.7 Å². The lowest BCUT2D eigenvalue weighted by Gasteiger charge is -2.12. The van der Waals surface area contributed by atoms with Gasteiger partial charge in [0, 0.05) is 28.3 Å². The highest BCUT2D eigenvalue weighted by Gasteiger charge is 2.13. The van der Waals surface area contributed by atoms with Crippen molar-refractivity contribution in [2.24, 2.45) is 0 Å². The fourth-order valence-corrected chi connectivity index (χ4v) is 8.34. The molecule has 0 spiro atoms. The lowest BCUT2D eigenvalue weighted by molar-refractivity contribution is 1.18. The van der Waals surface area contributed by atoms with Gasteiger partial charge in [-0.05, 0) is 96.0 Å². The molecule has 3 nitrogen and oxygen atoms in total. The second kappa shape index (κ2) is 14.1. The van der Waals surface area contributed by atoms with Gasteiger partial charge < -0.3 is 0 Å². The second-order valence-corrected chi connectivity index (χ2v) is 14.8. The second-order valence-electron chi connectivity index (χ2n) is 14.8. The molecule has 2 aromatic heterocycles. The molecule has 270 valence electrons. The number of aromatic nitrogens is 3. The SMILES string of the molecule is c1ccc(-c2nc(-c3ccc(-c4ccc(-c5cccc6c5ccc5cc7ccccc7cc56)cc4)cc3)cc(-c3ccc(-c4ccnc5ccccc45)cc3)n2)cc1. The molecule has 0 N–H and O–H groups in total. The van der Waals surface area contributed by atoms with Gasteiger partial charge in [-0.15, -0.1) is 0 Å². The zero-order chi connectivity index (χ0) is 38.4. The van der Waals surface area contributed by atoms with Crippen LogP contribution in [0.5, 0.6) is 0 Å². The van der Waals surface area contributed by atoms with Crippen molar-refractivity contribution in [3.05, 3.63) is 212 Å². The van der Waals surface area contributed by atoms with Gasteiger partial charge in [0.25, 0.3) is 0 Å². The van der Waals surface area contributed by atoms with E-state index < -0.39 is 0 Å². The Bertz CT molecular complexity index is 3290. The van der Waals surface area contributed by atoms with Crippen molar-refractivity contribution < 1.29 is 0 Å². The smallest absolute Gasteiger partial charge is 0.160 e. The average Bonchev–Trinajstić information content (AvgIpc) is 3.31. The highest BCUT2D eigenvalue weighted by Crippen LogP contribution is 2.37. The van der Waals surface area contributed by atoms with Crippen molar-refractivity contribution in [2.75, 3.05) is 0 Å². The minimum Gasteiger partial charge on any atom is -0.256 e. The van der Waals surface area contributed by atoms with E-state index in [9.17, 15) is 0 Å². The van der Waals surface area contributed by atoms with Crippen LogP contribution in [0.3, 0.4) is 0 Å². The van der Waals surface area contributed by atoms with Gasteiger partial charge in [0.05, 0.1) is 16.9 Å². The Hall–Kier alpha value is -7.75. The highest BCUT2D eigenvalue weighted by atomic mass is 14.9. The summed E-state index contributed by atoms with van der Waals surface area (Å²) in [6, 6.07) is 73.4. The molecule has 0 aliphatic heterocycles. The summed E-state index contributed by atoms with van der Waals surface area (Å²) in [6.45, 7) is 0. The third-order valence-corrected chi connectivity index (χ3v) is 11.4. The maximum absolute atomic E-state index is 5.09. The zero-order valence-electron chi connectivity index (χ0n) is 31.5. The number of hydrogen-bond donors (Lipinski definition) is 0. The lowest BCUT2D eigenvalue weighted by atomic mass is 9.92. The maximum atomic E-state index is 5.09. The summed E-state index contributed by atoms with van der Waals surface area (Å²) in [5.74, 6) is 0.701. The first-order valence-electron chi connectivity index (χ1n) is 19.7. The van der Waals surface area contributed by atoms with Gasteiger partial charge in [-0.3, -0.25) is 4.98 Å². The van der Waals surface area contributed by atoms with Crippen molar-refractivity contribution in [2.45, 2.75) is 0 Å². The Labute approximate surface area is 336 Å². The number of fused-ring (bicyclic) bond motifs is 5. The van der Waals surface area contributed by atoms with Crippen LogP contribution in [-0.4, -0.2) is 15.0 Å². The number of pyridine rings is 1. The molecule has 0 unspecified atom stereocenters. The minimum absolute atomic E-state index is 0.701. The summed E-state index contributed by atoms with van der Waals surface area (Å²) in [7, 11) is 0. The standard InChI is InChI=1S/C55H35N3/c1-2-9-42(10-3-1)55-57-53(35-54(58-55)41-27-23-39(24-28-41)47-31-32-56-52-16-7-6-13-50(47)52)40-25-19-37(20-26-40)36-17-21-38(22-18-36)46-14-8-15-48-49(46)30-29-45-33-43-11-4-5-12-44(43)34-51(45)48/h1-35H. The van der Waals surface area contributed by atoms with Gasteiger partial charge in [-0.2, -0.15) is 0 Å². The Morgan fingerprint density at radius 1 is 0.276 bits per heavy atom. The molecule has 2 heterocycles. The molecule has 0 aliphatic carbocycles. The molecular weight excluding hydrogens is 703 g/mol. The number of hydrogen-bond acceptors (Lipinski definition) is 3. The Balaban J connectivity index is 0.907. The Morgan fingerprint density at radius 2 is 0.828 bits per heavy atom. The van der Waals surface area contributed by atoms with Crippen LogP contribution < -0.4 is 0 Å². The van der Waals surface area contributed by atoms with Crippen molar-refractivity contribution in [1.82, 2.24) is 15.0 Å². The fraction of sp³-hybridized carbons (Fsp3) is 0. The maximum Gasteiger partial charge on any atom is 0.160 e. The molecule has 0 aliphatic rings. The number of benzene rings is 9. The predicted octanol–water partition coefficient (Wildman–Crippen LogP) is 14.5. The van der Waals surface area contributed by atoms with Crippen molar-refractivity contribution in [3.8, 4) is 67.3 Å². The zero-order valence-corrected chi connectivity index (χ0v) is 31.5. The number of rotatable bonds is 6. The summed E-state index contributed by atoms with van der Waals surface area (Å²) in [4.78, 5) is 14.7. The van der Waals surface area contributed by atoms with Crippen LogP contribution in [0, 0.1) is 0 Å². The highest BCUT2D eigenvalue weighted by molar-refractivity contribution is 6.15. The summed E-state index contributed by atoms with van der Waals surface area (Å²) in [6.07, 6.45) is 1.88. The van der Waals surface area contributed by atoms with Crippen molar-refractivity contribution in [1.29, 1.82) is 0 Å². The van der Waals surface area contributed by atoms with Gasteiger partial charge in [0.2, 0.25) is 0 Å². The molecule has 58 heavy (non-hydrogen) atoms. The molecule has 0 atom stereocenters. The first kappa shape index (κ1) is 33.6. The molecule has 3 heteroatoms. The quantitative estimate of drug-likeness (QED) is 0.126. The van der Waals surface area contributed by atoms with Gasteiger partial charge in [-0.1, -0.05) is 176 Å². The minimum atomic E-state index is 0.701. The van der Waals surface area contributed by atoms with Crippen LogP contribution in [0.1, 0.15) is 0 Å². The van der Waals surface area contributed by atoms with Gasteiger partial charge >= 0.3 is 0 Å². The van der Waals surface area contributed by atoms with Crippen LogP contribution in [-0.2, 0) is 0 Å². The van der Waals surface area contributed by atoms with E-state index in [0.29, 0.717) is 5.82 Å².